The maximum Gasteiger partial charge on any atom is 0.244 e. The Labute approximate surface area is 170 Å². The molecule has 1 heterocycles. The van der Waals surface area contributed by atoms with E-state index in [0.29, 0.717) is 25.1 Å². The predicted octanol–water partition coefficient (Wildman–Crippen LogP) is 3.14. The van der Waals surface area contributed by atoms with Crippen LogP contribution in [0.4, 0.5) is 5.69 Å². The van der Waals surface area contributed by atoms with Crippen LogP contribution in [0, 0.1) is 0 Å². The van der Waals surface area contributed by atoms with Gasteiger partial charge in [0, 0.05) is 25.1 Å². The number of nitrogens with one attached hydrogen (secondary N) is 2. The van der Waals surface area contributed by atoms with Crippen LogP contribution >= 0.6 is 0 Å². The Bertz CT molecular complexity index is 979. The average Bonchev–Trinajstić information content (AvgIpc) is 3.08. The highest BCUT2D eigenvalue weighted by atomic mass is 16.5. The first-order chi connectivity index (χ1) is 14.1. The Morgan fingerprint density at radius 1 is 1.07 bits per heavy atom. The Morgan fingerprint density at radius 2 is 1.83 bits per heavy atom. The maximum absolute atomic E-state index is 12.6. The van der Waals surface area contributed by atoms with Gasteiger partial charge in [0.05, 0.1) is 18.1 Å². The van der Waals surface area contributed by atoms with E-state index in [2.05, 4.69) is 15.6 Å². The molecule has 3 aromatic rings. The molecular formula is C22H26N4O3. The summed E-state index contributed by atoms with van der Waals surface area (Å²) in [4.78, 5) is 28.7. The first kappa shape index (κ1) is 20.4. The molecule has 2 aromatic carbocycles. The molecule has 0 aliphatic heterocycles. The zero-order valence-corrected chi connectivity index (χ0v) is 16.8. The predicted molar refractivity (Wildman–Crippen MR) is 113 cm³/mol. The molecule has 0 spiro atoms. The standard InChI is InChI=1S/C22H26N4O3/c1-3-21(27)23-14-6-9-20-25-18-7-4-5-8-19(18)26(20)15-22(28)24-16-10-12-17(29-2)13-11-16/h4-5,7-8,10-13H,3,6,9,14-15H2,1-2H3,(H,23,27)(H,24,28). The van der Waals surface area contributed by atoms with E-state index in [0.717, 1.165) is 29.0 Å². The Hall–Kier alpha value is -3.35. The molecule has 2 amide bonds. The minimum atomic E-state index is -0.126. The van der Waals surface area contributed by atoms with Crippen molar-refractivity contribution >= 4 is 28.5 Å². The fourth-order valence-electron chi connectivity index (χ4n) is 3.11. The number of imidazole rings is 1. The summed E-state index contributed by atoms with van der Waals surface area (Å²) in [5.74, 6) is 1.49. The van der Waals surface area contributed by atoms with Crippen LogP contribution in [0.25, 0.3) is 11.0 Å². The van der Waals surface area contributed by atoms with Crippen molar-refractivity contribution in [1.29, 1.82) is 0 Å². The number of hydrogen-bond donors (Lipinski definition) is 2. The summed E-state index contributed by atoms with van der Waals surface area (Å²) in [6, 6.07) is 15.0. The van der Waals surface area contributed by atoms with Crippen LogP contribution < -0.4 is 15.4 Å². The topological polar surface area (TPSA) is 85.2 Å². The summed E-state index contributed by atoms with van der Waals surface area (Å²) in [5, 5.41) is 5.79. The van der Waals surface area contributed by atoms with E-state index < -0.39 is 0 Å². The van der Waals surface area contributed by atoms with Crippen LogP contribution in [-0.2, 0) is 22.6 Å². The van der Waals surface area contributed by atoms with E-state index >= 15 is 0 Å². The summed E-state index contributed by atoms with van der Waals surface area (Å²) in [7, 11) is 1.60. The average molecular weight is 394 g/mol. The number of carbonyl (C=O) groups is 2. The second-order valence-electron chi connectivity index (χ2n) is 6.69. The molecule has 0 saturated carbocycles. The van der Waals surface area contributed by atoms with E-state index in [9.17, 15) is 9.59 Å². The summed E-state index contributed by atoms with van der Waals surface area (Å²) in [5.41, 5.74) is 2.49. The van der Waals surface area contributed by atoms with Crippen molar-refractivity contribution in [3.63, 3.8) is 0 Å². The lowest BCUT2D eigenvalue weighted by Gasteiger charge is -2.11. The number of hydrogen-bond acceptors (Lipinski definition) is 4. The summed E-state index contributed by atoms with van der Waals surface area (Å²) >= 11 is 0. The normalized spacial score (nSPS) is 10.7. The van der Waals surface area contributed by atoms with Crippen molar-refractivity contribution in [2.75, 3.05) is 19.0 Å². The van der Waals surface area contributed by atoms with Crippen molar-refractivity contribution in [2.45, 2.75) is 32.7 Å². The number of para-hydroxylation sites is 2. The molecule has 7 heteroatoms. The van der Waals surface area contributed by atoms with Gasteiger partial charge in [0.1, 0.15) is 18.1 Å². The number of nitrogens with zero attached hydrogens (tertiary/aromatic N) is 2. The second-order valence-corrected chi connectivity index (χ2v) is 6.69. The molecule has 152 valence electrons. The van der Waals surface area contributed by atoms with E-state index in [4.69, 9.17) is 4.74 Å². The molecule has 0 aliphatic rings. The molecule has 0 radical (unpaired) electrons. The monoisotopic (exact) mass is 394 g/mol. The van der Waals surface area contributed by atoms with Crippen LogP contribution in [0.3, 0.4) is 0 Å². The van der Waals surface area contributed by atoms with Crippen LogP contribution in [0.1, 0.15) is 25.6 Å². The number of methoxy groups -OCH3 is 1. The largest absolute Gasteiger partial charge is 0.497 e. The number of benzene rings is 2. The third-order valence-electron chi connectivity index (χ3n) is 4.63. The highest BCUT2D eigenvalue weighted by Gasteiger charge is 2.14. The van der Waals surface area contributed by atoms with Crippen LogP contribution in [-0.4, -0.2) is 35.0 Å². The minimum Gasteiger partial charge on any atom is -0.497 e. The van der Waals surface area contributed by atoms with Gasteiger partial charge in [-0.05, 0) is 42.8 Å². The van der Waals surface area contributed by atoms with Crippen LogP contribution in [0.5, 0.6) is 5.75 Å². The lowest BCUT2D eigenvalue weighted by atomic mass is 10.2. The number of aromatic nitrogens is 2. The van der Waals surface area contributed by atoms with Crippen molar-refractivity contribution in [3.05, 3.63) is 54.4 Å². The number of ether oxygens (including phenoxy) is 1. The van der Waals surface area contributed by atoms with Gasteiger partial charge in [0.15, 0.2) is 0 Å². The molecule has 0 unspecified atom stereocenters. The SMILES string of the molecule is CCC(=O)NCCCc1nc2ccccc2n1CC(=O)Nc1ccc(OC)cc1. The fraction of sp³-hybridized carbons (Fsp3) is 0.318. The van der Waals surface area contributed by atoms with Crippen molar-refractivity contribution in [1.82, 2.24) is 14.9 Å². The van der Waals surface area contributed by atoms with Gasteiger partial charge < -0.3 is 19.9 Å². The highest BCUT2D eigenvalue weighted by Crippen LogP contribution is 2.18. The zero-order valence-electron chi connectivity index (χ0n) is 16.8. The molecule has 3 rings (SSSR count). The van der Waals surface area contributed by atoms with Crippen molar-refractivity contribution in [2.24, 2.45) is 0 Å². The molecule has 0 fully saturated rings. The van der Waals surface area contributed by atoms with Gasteiger partial charge in [-0.2, -0.15) is 0 Å². The van der Waals surface area contributed by atoms with E-state index in [-0.39, 0.29) is 18.4 Å². The summed E-state index contributed by atoms with van der Waals surface area (Å²) < 4.78 is 7.08. The number of aryl methyl sites for hydroxylation is 1. The first-order valence-corrected chi connectivity index (χ1v) is 9.75. The van der Waals surface area contributed by atoms with Crippen LogP contribution in [0.15, 0.2) is 48.5 Å². The molecule has 7 nitrogen and oxygen atoms in total. The molecule has 29 heavy (non-hydrogen) atoms. The summed E-state index contributed by atoms with van der Waals surface area (Å²) in [6.07, 6.45) is 1.91. The minimum absolute atomic E-state index is 0.0392. The van der Waals surface area contributed by atoms with Gasteiger partial charge in [-0.15, -0.1) is 0 Å². The third-order valence-corrected chi connectivity index (χ3v) is 4.63. The smallest absolute Gasteiger partial charge is 0.244 e. The van der Waals surface area contributed by atoms with E-state index in [1.165, 1.54) is 0 Å². The van der Waals surface area contributed by atoms with Gasteiger partial charge in [0.2, 0.25) is 11.8 Å². The Morgan fingerprint density at radius 3 is 2.55 bits per heavy atom. The molecule has 0 saturated heterocycles. The molecule has 0 atom stereocenters. The highest BCUT2D eigenvalue weighted by molar-refractivity contribution is 5.91. The molecular weight excluding hydrogens is 368 g/mol. The van der Waals surface area contributed by atoms with Crippen molar-refractivity contribution in [3.8, 4) is 5.75 Å². The molecule has 2 N–H and O–H groups in total. The van der Waals surface area contributed by atoms with Gasteiger partial charge in [-0.1, -0.05) is 19.1 Å². The number of anilines is 1. The quantitative estimate of drug-likeness (QED) is 0.546. The molecule has 0 aliphatic carbocycles. The Kier molecular flexibility index (Phi) is 6.84. The fourth-order valence-corrected chi connectivity index (χ4v) is 3.11. The lowest BCUT2D eigenvalue weighted by molar-refractivity contribution is -0.120. The van der Waals surface area contributed by atoms with E-state index in [1.807, 2.05) is 35.8 Å². The van der Waals surface area contributed by atoms with Gasteiger partial charge in [-0.3, -0.25) is 9.59 Å². The maximum atomic E-state index is 12.6. The zero-order chi connectivity index (χ0) is 20.6. The van der Waals surface area contributed by atoms with Gasteiger partial charge in [0.25, 0.3) is 0 Å². The molecule has 1 aromatic heterocycles. The van der Waals surface area contributed by atoms with Crippen molar-refractivity contribution < 1.29 is 14.3 Å². The Balaban J connectivity index is 1.70. The number of fused-ring (bicyclic) bond motifs is 1. The van der Waals surface area contributed by atoms with Gasteiger partial charge >= 0.3 is 0 Å². The summed E-state index contributed by atoms with van der Waals surface area (Å²) in [6.45, 7) is 2.59. The van der Waals surface area contributed by atoms with E-state index in [1.54, 1.807) is 31.4 Å². The lowest BCUT2D eigenvalue weighted by Crippen LogP contribution is -2.24. The molecule has 0 bridgehead atoms. The first-order valence-electron chi connectivity index (χ1n) is 9.75. The number of carbonyl (C=O) groups excluding carboxylic acids is 2. The second kappa shape index (κ2) is 9.73. The van der Waals surface area contributed by atoms with Gasteiger partial charge in [-0.25, -0.2) is 4.98 Å². The third kappa shape index (κ3) is 5.34. The van der Waals surface area contributed by atoms with Crippen LogP contribution in [0.2, 0.25) is 0 Å². The number of amides is 2. The number of rotatable bonds is 9.